The maximum atomic E-state index is 5.69. The average Bonchev–Trinajstić information content (AvgIpc) is 2.53. The predicted molar refractivity (Wildman–Crippen MR) is 52.9 cm³/mol. The molecule has 0 atom stereocenters. The Morgan fingerprint density at radius 2 is 2.31 bits per heavy atom. The van der Waals surface area contributed by atoms with Crippen LogP contribution in [-0.2, 0) is 0 Å². The van der Waals surface area contributed by atoms with Crippen molar-refractivity contribution in [2.45, 2.75) is 0 Å². The third-order valence-electron chi connectivity index (χ3n) is 1.49. The van der Waals surface area contributed by atoms with E-state index in [-0.39, 0.29) is 0 Å². The molecule has 1 heterocycles. The van der Waals surface area contributed by atoms with Gasteiger partial charge >= 0.3 is 0 Å². The summed E-state index contributed by atoms with van der Waals surface area (Å²) in [5.74, 6) is 0. The zero-order valence-corrected chi connectivity index (χ0v) is 8.75. The van der Waals surface area contributed by atoms with Gasteiger partial charge in [-0.05, 0) is 34.1 Å². The van der Waals surface area contributed by atoms with Crippen LogP contribution in [0.5, 0.6) is 0 Å². The van der Waals surface area contributed by atoms with E-state index in [1.807, 2.05) is 6.07 Å². The first kappa shape index (κ1) is 8.72. The number of benzene rings is 1. The number of hydrogen-bond acceptors (Lipinski definition) is 2. The van der Waals surface area contributed by atoms with Gasteiger partial charge in [0.25, 0.3) is 0 Å². The number of nitrogens with zero attached hydrogens (tertiary/aromatic N) is 3. The van der Waals surface area contributed by atoms with Gasteiger partial charge in [0, 0.05) is 11.1 Å². The van der Waals surface area contributed by atoms with Gasteiger partial charge in [0.2, 0.25) is 0 Å². The Hall–Kier alpha value is -0.870. The van der Waals surface area contributed by atoms with Crippen LogP contribution in [0.1, 0.15) is 0 Å². The summed E-state index contributed by atoms with van der Waals surface area (Å²) in [6.07, 6.45) is 1.76. The molecule has 1 radical (unpaired) electrons. The molecule has 1 aromatic carbocycles. The molecule has 0 saturated carbocycles. The highest BCUT2D eigenvalue weighted by molar-refractivity contribution is 9.10. The molecule has 0 aliphatic rings. The lowest BCUT2D eigenvalue weighted by atomic mass is 10.3. The van der Waals surface area contributed by atoms with Crippen molar-refractivity contribution in [3.05, 3.63) is 40.1 Å². The lowest BCUT2D eigenvalue weighted by Gasteiger charge is -1.97. The minimum atomic E-state index is 0.586. The van der Waals surface area contributed by atoms with Gasteiger partial charge in [0.1, 0.15) is 4.60 Å². The minimum Gasteiger partial charge on any atom is -0.220 e. The topological polar surface area (TPSA) is 30.7 Å². The average molecular weight is 257 g/mol. The van der Waals surface area contributed by atoms with Crippen molar-refractivity contribution in [1.29, 1.82) is 0 Å². The highest BCUT2D eigenvalue weighted by atomic mass is 79.9. The minimum absolute atomic E-state index is 0.586. The maximum absolute atomic E-state index is 5.69. The van der Waals surface area contributed by atoms with E-state index in [4.69, 9.17) is 11.6 Å². The second-order valence-corrected chi connectivity index (χ2v) is 3.60. The van der Waals surface area contributed by atoms with Gasteiger partial charge in [-0.15, -0.1) is 5.10 Å². The van der Waals surface area contributed by atoms with Gasteiger partial charge in [-0.3, -0.25) is 0 Å². The van der Waals surface area contributed by atoms with Crippen LogP contribution in [0.15, 0.2) is 29.0 Å². The molecule has 0 aliphatic heterocycles. The van der Waals surface area contributed by atoms with Crippen LogP contribution in [-0.4, -0.2) is 15.0 Å². The molecule has 0 fully saturated rings. The van der Waals surface area contributed by atoms with Crippen molar-refractivity contribution in [2.24, 2.45) is 0 Å². The largest absolute Gasteiger partial charge is 0.220 e. The lowest BCUT2D eigenvalue weighted by Crippen LogP contribution is -1.93. The van der Waals surface area contributed by atoms with Gasteiger partial charge < -0.3 is 0 Å². The van der Waals surface area contributed by atoms with Crippen molar-refractivity contribution >= 4 is 27.5 Å². The summed E-state index contributed by atoms with van der Waals surface area (Å²) in [4.78, 5) is 0. The Morgan fingerprint density at radius 3 is 2.85 bits per heavy atom. The maximum Gasteiger partial charge on any atom is 0.148 e. The van der Waals surface area contributed by atoms with Crippen LogP contribution in [0.4, 0.5) is 0 Å². The molecule has 0 aliphatic carbocycles. The molecule has 3 nitrogen and oxygen atoms in total. The molecular weight excluding hydrogens is 253 g/mol. The SMILES string of the molecule is Clc1[c]cc(-n2cc(Br)nn2)cc1. The van der Waals surface area contributed by atoms with Gasteiger partial charge in [0.15, 0.2) is 0 Å². The van der Waals surface area contributed by atoms with Crippen molar-refractivity contribution in [3.63, 3.8) is 0 Å². The summed E-state index contributed by atoms with van der Waals surface area (Å²) in [6.45, 7) is 0. The van der Waals surface area contributed by atoms with E-state index >= 15 is 0 Å². The molecule has 0 unspecified atom stereocenters. The van der Waals surface area contributed by atoms with Crippen LogP contribution in [0.3, 0.4) is 0 Å². The van der Waals surface area contributed by atoms with Crippen molar-refractivity contribution in [1.82, 2.24) is 15.0 Å². The monoisotopic (exact) mass is 256 g/mol. The zero-order chi connectivity index (χ0) is 9.26. The molecule has 0 amide bonds. The molecule has 0 spiro atoms. The van der Waals surface area contributed by atoms with Crippen molar-refractivity contribution in [2.75, 3.05) is 0 Å². The fourth-order valence-electron chi connectivity index (χ4n) is 0.910. The first-order valence-electron chi connectivity index (χ1n) is 3.51. The Labute approximate surface area is 88.5 Å². The first-order chi connectivity index (χ1) is 6.25. The van der Waals surface area contributed by atoms with E-state index in [2.05, 4.69) is 32.3 Å². The second kappa shape index (κ2) is 3.47. The number of rotatable bonds is 1. The normalized spacial score (nSPS) is 10.3. The molecule has 0 N–H and O–H groups in total. The lowest BCUT2D eigenvalue weighted by molar-refractivity contribution is 0.802. The molecular formula is C8H4BrClN3. The van der Waals surface area contributed by atoms with E-state index in [1.165, 1.54) is 0 Å². The molecule has 2 rings (SSSR count). The highest BCUT2D eigenvalue weighted by Crippen LogP contribution is 2.13. The van der Waals surface area contributed by atoms with Crippen LogP contribution >= 0.6 is 27.5 Å². The Morgan fingerprint density at radius 1 is 1.46 bits per heavy atom. The number of halogens is 2. The Kier molecular flexibility index (Phi) is 2.33. The summed E-state index contributed by atoms with van der Waals surface area (Å²) in [5, 5.41) is 8.26. The van der Waals surface area contributed by atoms with E-state index in [0.29, 0.717) is 9.63 Å². The summed E-state index contributed by atoms with van der Waals surface area (Å²) < 4.78 is 2.33. The molecule has 0 saturated heterocycles. The smallest absolute Gasteiger partial charge is 0.148 e. The molecule has 13 heavy (non-hydrogen) atoms. The number of hydrogen-bond donors (Lipinski definition) is 0. The van der Waals surface area contributed by atoms with Gasteiger partial charge in [0.05, 0.1) is 11.9 Å². The molecule has 2 aromatic rings. The Balaban J connectivity index is 2.41. The zero-order valence-electron chi connectivity index (χ0n) is 6.41. The van der Waals surface area contributed by atoms with E-state index in [9.17, 15) is 0 Å². The standard InChI is InChI=1S/C8H4BrClN3/c9-8-5-13(12-11-8)7-3-1-6(10)2-4-7/h1,3-5H. The van der Waals surface area contributed by atoms with Crippen molar-refractivity contribution in [3.8, 4) is 5.69 Å². The summed E-state index contributed by atoms with van der Waals surface area (Å²) in [7, 11) is 0. The highest BCUT2D eigenvalue weighted by Gasteiger charge is 1.99. The summed E-state index contributed by atoms with van der Waals surface area (Å²) in [5.41, 5.74) is 0.877. The third kappa shape index (κ3) is 1.89. The van der Waals surface area contributed by atoms with Gasteiger partial charge in [-0.2, -0.15) is 0 Å². The Bertz CT molecular complexity index is 410. The molecule has 0 bridgehead atoms. The first-order valence-corrected chi connectivity index (χ1v) is 4.68. The van der Waals surface area contributed by atoms with Crippen LogP contribution in [0.25, 0.3) is 5.69 Å². The third-order valence-corrected chi connectivity index (χ3v) is 2.09. The molecule has 65 valence electrons. The predicted octanol–water partition coefficient (Wildman–Crippen LogP) is 2.48. The molecule has 1 aromatic heterocycles. The number of aromatic nitrogens is 3. The quantitative estimate of drug-likeness (QED) is 0.786. The van der Waals surface area contributed by atoms with E-state index in [0.717, 1.165) is 5.69 Å². The second-order valence-electron chi connectivity index (χ2n) is 2.38. The van der Waals surface area contributed by atoms with Crippen LogP contribution < -0.4 is 0 Å². The van der Waals surface area contributed by atoms with E-state index in [1.54, 1.807) is 23.0 Å². The van der Waals surface area contributed by atoms with Crippen LogP contribution in [0.2, 0.25) is 5.02 Å². The van der Waals surface area contributed by atoms with Gasteiger partial charge in [-0.1, -0.05) is 16.8 Å². The fraction of sp³-hybridized carbons (Fsp3) is 0. The van der Waals surface area contributed by atoms with Crippen LogP contribution in [0, 0.1) is 6.07 Å². The molecule has 5 heteroatoms. The fourth-order valence-corrected chi connectivity index (χ4v) is 1.29. The van der Waals surface area contributed by atoms with E-state index < -0.39 is 0 Å². The summed E-state index contributed by atoms with van der Waals surface area (Å²) >= 11 is 8.91. The van der Waals surface area contributed by atoms with Crippen molar-refractivity contribution < 1.29 is 0 Å². The summed E-state index contributed by atoms with van der Waals surface area (Å²) in [6, 6.07) is 8.23. The van der Waals surface area contributed by atoms with Gasteiger partial charge in [-0.25, -0.2) is 4.68 Å².